The molecule has 1 aromatic rings. The smallest absolute Gasteiger partial charge is 0.263 e. The third-order valence-corrected chi connectivity index (χ3v) is 1.41. The number of hydrogen-bond donors (Lipinski definition) is 1. The van der Waals surface area contributed by atoms with Crippen LogP contribution in [-0.2, 0) is 0 Å². The number of halogens is 2. The molecule has 0 heterocycles. The molecule has 0 radical (unpaired) electrons. The summed E-state index contributed by atoms with van der Waals surface area (Å²) in [5, 5.41) is 3.27. The number of rotatable bonds is 2. The van der Waals surface area contributed by atoms with Crippen molar-refractivity contribution in [2.75, 3.05) is 0 Å². The highest BCUT2D eigenvalue weighted by Crippen LogP contribution is 2.17. The molecule has 0 amide bonds. The van der Waals surface area contributed by atoms with Gasteiger partial charge in [-0.1, -0.05) is 24.3 Å². The Morgan fingerprint density at radius 3 is 2.25 bits per heavy atom. The van der Waals surface area contributed by atoms with E-state index in [0.717, 1.165) is 0 Å². The Bertz CT molecular complexity index is 267. The zero-order valence-corrected chi connectivity index (χ0v) is 6.24. The lowest BCUT2D eigenvalue weighted by Crippen LogP contribution is -1.88. The van der Waals surface area contributed by atoms with E-state index in [1.54, 1.807) is 0 Å². The Kier molecular flexibility index (Phi) is 2.74. The molecular formula is C8H8F2N2. The highest BCUT2D eigenvalue weighted by molar-refractivity contribution is 5.79. The molecule has 0 unspecified atom stereocenters. The van der Waals surface area contributed by atoms with Gasteiger partial charge in [-0.2, -0.15) is 5.10 Å². The molecule has 0 atom stereocenters. The van der Waals surface area contributed by atoms with E-state index in [9.17, 15) is 8.78 Å². The van der Waals surface area contributed by atoms with Gasteiger partial charge in [0.05, 0.1) is 6.21 Å². The van der Waals surface area contributed by atoms with E-state index in [4.69, 9.17) is 5.84 Å². The summed E-state index contributed by atoms with van der Waals surface area (Å²) >= 11 is 0. The van der Waals surface area contributed by atoms with Crippen LogP contribution in [0.5, 0.6) is 0 Å². The Hall–Kier alpha value is -1.45. The van der Waals surface area contributed by atoms with Crippen LogP contribution in [0.3, 0.4) is 0 Å². The summed E-state index contributed by atoms with van der Waals surface area (Å²) in [4.78, 5) is 0. The van der Waals surface area contributed by atoms with Gasteiger partial charge in [0.25, 0.3) is 6.43 Å². The van der Waals surface area contributed by atoms with Gasteiger partial charge in [-0.3, -0.25) is 0 Å². The first kappa shape index (κ1) is 8.64. The molecule has 0 saturated heterocycles. The minimum atomic E-state index is -2.42. The molecule has 0 aromatic heterocycles. The van der Waals surface area contributed by atoms with Crippen LogP contribution in [0.15, 0.2) is 29.4 Å². The standard InChI is InChI=1S/C8H8F2N2/c9-8(10)7-3-1-6(2-4-7)5-12-11/h1-5,8H,11H2. The van der Waals surface area contributed by atoms with Gasteiger partial charge in [-0.05, 0) is 5.56 Å². The first-order valence-corrected chi connectivity index (χ1v) is 3.35. The minimum absolute atomic E-state index is 0.00386. The molecule has 0 aliphatic carbocycles. The maximum Gasteiger partial charge on any atom is 0.263 e. The fourth-order valence-corrected chi connectivity index (χ4v) is 0.814. The molecule has 4 heteroatoms. The number of hydrogen-bond acceptors (Lipinski definition) is 2. The zero-order valence-electron chi connectivity index (χ0n) is 6.24. The largest absolute Gasteiger partial charge is 0.323 e. The summed E-state index contributed by atoms with van der Waals surface area (Å²) in [7, 11) is 0. The molecule has 0 aliphatic heterocycles. The number of nitrogens with zero attached hydrogens (tertiary/aromatic N) is 1. The van der Waals surface area contributed by atoms with Crippen LogP contribution in [0, 0.1) is 0 Å². The second kappa shape index (κ2) is 3.80. The lowest BCUT2D eigenvalue weighted by atomic mass is 10.1. The van der Waals surface area contributed by atoms with Crippen molar-refractivity contribution in [1.82, 2.24) is 0 Å². The number of alkyl halides is 2. The molecule has 0 bridgehead atoms. The van der Waals surface area contributed by atoms with Crippen molar-refractivity contribution in [3.63, 3.8) is 0 Å². The van der Waals surface area contributed by atoms with Crippen LogP contribution >= 0.6 is 0 Å². The normalized spacial score (nSPS) is 11.2. The molecule has 0 fully saturated rings. The van der Waals surface area contributed by atoms with Crippen LogP contribution in [0.25, 0.3) is 0 Å². The third-order valence-electron chi connectivity index (χ3n) is 1.41. The molecule has 1 rings (SSSR count). The molecule has 12 heavy (non-hydrogen) atoms. The number of nitrogens with two attached hydrogens (primary N) is 1. The third kappa shape index (κ3) is 2.02. The van der Waals surface area contributed by atoms with Crippen LogP contribution in [0.4, 0.5) is 8.78 Å². The lowest BCUT2D eigenvalue weighted by Gasteiger charge is -1.98. The summed E-state index contributed by atoms with van der Waals surface area (Å²) in [6, 6.07) is 5.78. The van der Waals surface area contributed by atoms with Gasteiger partial charge in [-0.15, -0.1) is 0 Å². The summed E-state index contributed by atoms with van der Waals surface area (Å²) < 4.78 is 24.1. The van der Waals surface area contributed by atoms with Crippen molar-refractivity contribution in [1.29, 1.82) is 0 Å². The molecule has 0 spiro atoms. The molecule has 64 valence electrons. The number of benzene rings is 1. The van der Waals surface area contributed by atoms with Crippen molar-refractivity contribution in [2.45, 2.75) is 6.43 Å². The Morgan fingerprint density at radius 1 is 1.25 bits per heavy atom. The lowest BCUT2D eigenvalue weighted by molar-refractivity contribution is 0.151. The molecule has 1 aromatic carbocycles. The van der Waals surface area contributed by atoms with Gasteiger partial charge in [0.15, 0.2) is 0 Å². The van der Waals surface area contributed by atoms with E-state index in [-0.39, 0.29) is 5.56 Å². The van der Waals surface area contributed by atoms with Gasteiger partial charge < -0.3 is 5.84 Å². The highest BCUT2D eigenvalue weighted by atomic mass is 19.3. The van der Waals surface area contributed by atoms with Crippen LogP contribution in [-0.4, -0.2) is 6.21 Å². The van der Waals surface area contributed by atoms with E-state index in [0.29, 0.717) is 5.56 Å². The Morgan fingerprint density at radius 2 is 1.83 bits per heavy atom. The average Bonchev–Trinajstić information content (AvgIpc) is 2.06. The fourth-order valence-electron chi connectivity index (χ4n) is 0.814. The molecule has 0 saturated carbocycles. The van der Waals surface area contributed by atoms with Gasteiger partial charge in [0, 0.05) is 5.56 Å². The van der Waals surface area contributed by atoms with Gasteiger partial charge in [0.2, 0.25) is 0 Å². The Balaban J connectivity index is 2.85. The van der Waals surface area contributed by atoms with E-state index >= 15 is 0 Å². The first-order chi connectivity index (χ1) is 5.74. The maximum absolute atomic E-state index is 12.0. The van der Waals surface area contributed by atoms with Gasteiger partial charge in [-0.25, -0.2) is 8.78 Å². The predicted molar refractivity (Wildman–Crippen MR) is 43.2 cm³/mol. The second-order valence-electron chi connectivity index (χ2n) is 2.25. The van der Waals surface area contributed by atoms with Gasteiger partial charge >= 0.3 is 0 Å². The van der Waals surface area contributed by atoms with Crippen LogP contribution in [0.1, 0.15) is 17.6 Å². The van der Waals surface area contributed by atoms with Crippen LogP contribution < -0.4 is 5.84 Å². The van der Waals surface area contributed by atoms with E-state index < -0.39 is 6.43 Å². The fraction of sp³-hybridized carbons (Fsp3) is 0.125. The zero-order chi connectivity index (χ0) is 8.97. The number of hydrazone groups is 1. The molecular weight excluding hydrogens is 162 g/mol. The second-order valence-corrected chi connectivity index (χ2v) is 2.25. The summed E-state index contributed by atoms with van der Waals surface area (Å²) in [6.07, 6.45) is -1.02. The quantitative estimate of drug-likeness (QED) is 0.411. The van der Waals surface area contributed by atoms with Crippen molar-refractivity contribution in [2.24, 2.45) is 10.9 Å². The van der Waals surface area contributed by atoms with Crippen molar-refractivity contribution < 1.29 is 8.78 Å². The Labute approximate surface area is 68.7 Å². The van der Waals surface area contributed by atoms with E-state index in [1.165, 1.54) is 30.5 Å². The summed E-state index contributed by atoms with van der Waals surface area (Å²) in [5.41, 5.74) is 0.714. The predicted octanol–water partition coefficient (Wildman–Crippen LogP) is 1.92. The van der Waals surface area contributed by atoms with E-state index in [1.807, 2.05) is 0 Å². The SMILES string of the molecule is NN=Cc1ccc(C(F)F)cc1. The molecule has 2 N–H and O–H groups in total. The monoisotopic (exact) mass is 170 g/mol. The topological polar surface area (TPSA) is 38.4 Å². The molecule has 2 nitrogen and oxygen atoms in total. The molecule has 0 aliphatic rings. The van der Waals surface area contributed by atoms with Crippen molar-refractivity contribution in [3.05, 3.63) is 35.4 Å². The average molecular weight is 170 g/mol. The van der Waals surface area contributed by atoms with Gasteiger partial charge in [0.1, 0.15) is 0 Å². The van der Waals surface area contributed by atoms with Crippen molar-refractivity contribution in [3.8, 4) is 0 Å². The van der Waals surface area contributed by atoms with Crippen LogP contribution in [0.2, 0.25) is 0 Å². The maximum atomic E-state index is 12.0. The highest BCUT2D eigenvalue weighted by Gasteiger charge is 2.04. The first-order valence-electron chi connectivity index (χ1n) is 3.35. The summed E-state index contributed by atoms with van der Waals surface area (Å²) in [5.74, 6) is 4.88. The van der Waals surface area contributed by atoms with E-state index in [2.05, 4.69) is 5.10 Å². The van der Waals surface area contributed by atoms with Crippen molar-refractivity contribution >= 4 is 6.21 Å². The summed E-state index contributed by atoms with van der Waals surface area (Å²) in [6.45, 7) is 0. The minimum Gasteiger partial charge on any atom is -0.323 e.